The van der Waals surface area contributed by atoms with Crippen LogP contribution in [0.15, 0.2) is 42.5 Å². The zero-order valence-electron chi connectivity index (χ0n) is 15.8. The molecule has 0 fully saturated rings. The maximum atomic E-state index is 13.2. The van der Waals surface area contributed by atoms with Crippen LogP contribution in [0.3, 0.4) is 0 Å². The van der Waals surface area contributed by atoms with Crippen LogP contribution in [0.25, 0.3) is 5.69 Å². The van der Waals surface area contributed by atoms with Crippen LogP contribution < -0.4 is 10.6 Å². The number of amides is 1. The van der Waals surface area contributed by atoms with Gasteiger partial charge in [-0.05, 0) is 55.0 Å². The number of halogens is 1. The first kappa shape index (κ1) is 19.2. The van der Waals surface area contributed by atoms with Crippen LogP contribution in [0.5, 0.6) is 0 Å². The number of ketones is 1. The Labute approximate surface area is 161 Å². The molecule has 1 heterocycles. The van der Waals surface area contributed by atoms with E-state index >= 15 is 0 Å². The number of nitrogens with zero attached hydrogens (tertiary/aromatic N) is 3. The Morgan fingerprint density at radius 3 is 2.46 bits per heavy atom. The molecule has 0 unspecified atom stereocenters. The van der Waals surface area contributed by atoms with Gasteiger partial charge in [0.05, 0.1) is 5.69 Å². The SMILES string of the molecule is CCC(=O)Nc1ccc(Nc2c(C(C)=O)nnn2-c2ccc(F)cc2)cc1C. The lowest BCUT2D eigenvalue weighted by atomic mass is 10.1. The molecule has 0 radical (unpaired) electrons. The number of nitrogens with one attached hydrogen (secondary N) is 2. The van der Waals surface area contributed by atoms with E-state index in [0.717, 1.165) is 5.56 Å². The van der Waals surface area contributed by atoms with Crippen LogP contribution in [0.2, 0.25) is 0 Å². The lowest BCUT2D eigenvalue weighted by molar-refractivity contribution is -0.115. The minimum Gasteiger partial charge on any atom is -0.338 e. The third-order valence-corrected chi connectivity index (χ3v) is 4.16. The van der Waals surface area contributed by atoms with Crippen molar-refractivity contribution in [2.45, 2.75) is 27.2 Å². The second kappa shape index (κ2) is 7.99. The molecule has 8 heteroatoms. The average molecular weight is 381 g/mol. The van der Waals surface area contributed by atoms with E-state index in [-0.39, 0.29) is 23.2 Å². The lowest BCUT2D eigenvalue weighted by Crippen LogP contribution is -2.11. The molecule has 0 saturated heterocycles. The Kier molecular flexibility index (Phi) is 5.49. The van der Waals surface area contributed by atoms with Gasteiger partial charge in [0.25, 0.3) is 0 Å². The van der Waals surface area contributed by atoms with E-state index in [9.17, 15) is 14.0 Å². The van der Waals surface area contributed by atoms with Crippen LogP contribution in [-0.2, 0) is 4.79 Å². The van der Waals surface area contributed by atoms with Crippen molar-refractivity contribution >= 4 is 28.9 Å². The average Bonchev–Trinajstić information content (AvgIpc) is 3.08. The molecule has 28 heavy (non-hydrogen) atoms. The van der Waals surface area contributed by atoms with Crippen molar-refractivity contribution < 1.29 is 14.0 Å². The van der Waals surface area contributed by atoms with E-state index in [4.69, 9.17) is 0 Å². The summed E-state index contributed by atoms with van der Waals surface area (Å²) in [6.07, 6.45) is 0.393. The summed E-state index contributed by atoms with van der Waals surface area (Å²) in [6, 6.07) is 11.1. The van der Waals surface area contributed by atoms with Gasteiger partial charge in [0.15, 0.2) is 17.3 Å². The van der Waals surface area contributed by atoms with Gasteiger partial charge in [0, 0.05) is 24.7 Å². The van der Waals surface area contributed by atoms with Gasteiger partial charge in [-0.15, -0.1) is 5.10 Å². The standard InChI is InChI=1S/C20H20FN5O2/c1-4-18(28)23-17-10-7-15(11-12(17)2)22-20-19(13(3)27)24-25-26(20)16-8-5-14(21)6-9-16/h5-11,22H,4H2,1-3H3,(H,23,28). The highest BCUT2D eigenvalue weighted by Gasteiger charge is 2.18. The normalized spacial score (nSPS) is 10.6. The number of aryl methyl sites for hydroxylation is 1. The van der Waals surface area contributed by atoms with E-state index in [1.54, 1.807) is 31.2 Å². The maximum Gasteiger partial charge on any atom is 0.224 e. The van der Waals surface area contributed by atoms with Crippen LogP contribution in [0, 0.1) is 12.7 Å². The van der Waals surface area contributed by atoms with Gasteiger partial charge in [-0.1, -0.05) is 12.1 Å². The molecule has 2 aromatic carbocycles. The summed E-state index contributed by atoms with van der Waals surface area (Å²) in [4.78, 5) is 23.6. The first-order chi connectivity index (χ1) is 13.4. The summed E-state index contributed by atoms with van der Waals surface area (Å²) in [5.41, 5.74) is 3.00. The Hall–Kier alpha value is -3.55. The van der Waals surface area contributed by atoms with Gasteiger partial charge in [0.2, 0.25) is 5.91 Å². The molecule has 1 amide bonds. The number of aromatic nitrogens is 3. The highest BCUT2D eigenvalue weighted by molar-refractivity contribution is 5.97. The highest BCUT2D eigenvalue weighted by Crippen LogP contribution is 2.26. The molecule has 3 aromatic rings. The number of hydrogen-bond donors (Lipinski definition) is 2. The van der Waals surface area contributed by atoms with Crippen molar-refractivity contribution in [3.8, 4) is 5.69 Å². The van der Waals surface area contributed by atoms with E-state index in [2.05, 4.69) is 20.9 Å². The Balaban J connectivity index is 1.96. The van der Waals surface area contributed by atoms with Crippen LogP contribution in [0.4, 0.5) is 21.6 Å². The molecule has 0 saturated carbocycles. The number of rotatable bonds is 6. The Morgan fingerprint density at radius 2 is 1.86 bits per heavy atom. The summed E-state index contributed by atoms with van der Waals surface area (Å²) in [5, 5.41) is 14.0. The van der Waals surface area contributed by atoms with Crippen molar-refractivity contribution in [1.82, 2.24) is 15.0 Å². The van der Waals surface area contributed by atoms with E-state index in [1.165, 1.54) is 23.7 Å². The summed E-state index contributed by atoms with van der Waals surface area (Å²) in [7, 11) is 0. The first-order valence-corrected chi connectivity index (χ1v) is 8.79. The third-order valence-electron chi connectivity index (χ3n) is 4.16. The Bertz CT molecular complexity index is 1030. The lowest BCUT2D eigenvalue weighted by Gasteiger charge is -2.13. The van der Waals surface area contributed by atoms with Gasteiger partial charge in [-0.3, -0.25) is 9.59 Å². The summed E-state index contributed by atoms with van der Waals surface area (Å²) in [6.45, 7) is 5.06. The van der Waals surface area contributed by atoms with Crippen molar-refractivity contribution in [2.75, 3.05) is 10.6 Å². The monoisotopic (exact) mass is 381 g/mol. The van der Waals surface area contributed by atoms with Crippen LogP contribution in [-0.4, -0.2) is 26.7 Å². The molecule has 0 aliphatic heterocycles. The van der Waals surface area contributed by atoms with Crippen molar-refractivity contribution in [2.24, 2.45) is 0 Å². The smallest absolute Gasteiger partial charge is 0.224 e. The fourth-order valence-corrected chi connectivity index (χ4v) is 2.65. The fraction of sp³-hybridized carbons (Fsp3) is 0.200. The molecule has 0 atom stereocenters. The molecule has 2 N–H and O–H groups in total. The van der Waals surface area contributed by atoms with Crippen molar-refractivity contribution in [3.05, 3.63) is 59.5 Å². The van der Waals surface area contributed by atoms with E-state index in [1.807, 2.05) is 13.0 Å². The minimum absolute atomic E-state index is 0.0683. The third kappa shape index (κ3) is 4.06. The molecule has 0 bridgehead atoms. The second-order valence-electron chi connectivity index (χ2n) is 6.29. The van der Waals surface area contributed by atoms with Crippen molar-refractivity contribution in [1.29, 1.82) is 0 Å². The molecule has 3 rings (SSSR count). The predicted molar refractivity (Wildman–Crippen MR) is 105 cm³/mol. The van der Waals surface area contributed by atoms with Gasteiger partial charge >= 0.3 is 0 Å². The summed E-state index contributed by atoms with van der Waals surface area (Å²) >= 11 is 0. The Morgan fingerprint density at radius 1 is 1.14 bits per heavy atom. The topological polar surface area (TPSA) is 88.9 Å². The zero-order valence-corrected chi connectivity index (χ0v) is 15.8. The van der Waals surface area contributed by atoms with Crippen LogP contribution >= 0.6 is 0 Å². The number of anilines is 3. The molecule has 0 spiro atoms. The number of carbonyl (C=O) groups excluding carboxylic acids is 2. The van der Waals surface area contributed by atoms with Gasteiger partial charge in [-0.2, -0.15) is 4.68 Å². The number of Topliss-reactive ketones (excluding diaryl/α,β-unsaturated/α-hetero) is 1. The van der Waals surface area contributed by atoms with Crippen molar-refractivity contribution in [3.63, 3.8) is 0 Å². The molecular formula is C20H20FN5O2. The summed E-state index contributed by atoms with van der Waals surface area (Å²) in [5.74, 6) is -0.310. The van der Waals surface area contributed by atoms with Gasteiger partial charge in [-0.25, -0.2) is 4.39 Å². The second-order valence-corrected chi connectivity index (χ2v) is 6.29. The fourth-order valence-electron chi connectivity index (χ4n) is 2.65. The maximum absolute atomic E-state index is 13.2. The van der Waals surface area contributed by atoms with E-state index in [0.29, 0.717) is 29.3 Å². The van der Waals surface area contributed by atoms with Crippen LogP contribution in [0.1, 0.15) is 36.3 Å². The molecule has 144 valence electrons. The minimum atomic E-state index is -0.370. The molecule has 1 aromatic heterocycles. The molecular weight excluding hydrogens is 361 g/mol. The molecule has 7 nitrogen and oxygen atoms in total. The van der Waals surface area contributed by atoms with E-state index < -0.39 is 0 Å². The molecule has 0 aliphatic carbocycles. The number of hydrogen-bond acceptors (Lipinski definition) is 5. The number of carbonyl (C=O) groups is 2. The molecule has 0 aliphatic rings. The summed E-state index contributed by atoms with van der Waals surface area (Å²) < 4.78 is 14.7. The quantitative estimate of drug-likeness (QED) is 0.630. The number of benzene rings is 2. The zero-order chi connectivity index (χ0) is 20.3. The van der Waals surface area contributed by atoms with Gasteiger partial charge in [0.1, 0.15) is 5.82 Å². The predicted octanol–water partition coefficient (Wildman–Crippen LogP) is 4.01. The largest absolute Gasteiger partial charge is 0.338 e. The van der Waals surface area contributed by atoms with Gasteiger partial charge < -0.3 is 10.6 Å². The first-order valence-electron chi connectivity index (χ1n) is 8.79. The highest BCUT2D eigenvalue weighted by atomic mass is 19.1.